The molecule has 0 atom stereocenters. The summed E-state index contributed by atoms with van der Waals surface area (Å²) in [5.74, 6) is 0.0581. The average Bonchev–Trinajstić information content (AvgIpc) is 2.84. The predicted octanol–water partition coefficient (Wildman–Crippen LogP) is 5.12. The topological polar surface area (TPSA) is 71.5 Å². The molecule has 0 saturated carbocycles. The standard InChI is InChI=1S/C24H24Cl3N5O2/c1-23(2,34-19(33)17-9-5-3-6-10-17)20-28-21(24(25,26)27)30-22(29-20)32-15-13-31(14-16-32)18-11-7-4-8-12-18/h3-12H,13-16H2,1-2H3. The first-order chi connectivity index (χ1) is 16.1. The number of esters is 1. The lowest BCUT2D eigenvalue weighted by Gasteiger charge is -2.36. The molecule has 0 N–H and O–H groups in total. The van der Waals surface area contributed by atoms with Crippen LogP contribution in [0.4, 0.5) is 11.6 Å². The summed E-state index contributed by atoms with van der Waals surface area (Å²) in [7, 11) is 0. The van der Waals surface area contributed by atoms with Crippen molar-refractivity contribution in [3.05, 3.63) is 77.9 Å². The molecule has 4 rings (SSSR count). The van der Waals surface area contributed by atoms with Crippen LogP contribution in [0.25, 0.3) is 0 Å². The number of aromatic nitrogens is 3. The smallest absolute Gasteiger partial charge is 0.339 e. The molecule has 1 aliphatic rings. The van der Waals surface area contributed by atoms with Gasteiger partial charge in [-0.2, -0.15) is 9.97 Å². The lowest BCUT2D eigenvalue weighted by molar-refractivity contribution is -0.00723. The number of anilines is 2. The van der Waals surface area contributed by atoms with E-state index in [1.165, 1.54) is 0 Å². The largest absolute Gasteiger partial charge is 0.448 e. The quantitative estimate of drug-likeness (QED) is 0.342. The minimum atomic E-state index is -1.86. The third kappa shape index (κ3) is 5.71. The molecule has 0 unspecified atom stereocenters. The molecule has 34 heavy (non-hydrogen) atoms. The van der Waals surface area contributed by atoms with Crippen LogP contribution in [0.15, 0.2) is 60.7 Å². The van der Waals surface area contributed by atoms with Crippen molar-refractivity contribution in [2.24, 2.45) is 0 Å². The van der Waals surface area contributed by atoms with E-state index in [4.69, 9.17) is 39.5 Å². The van der Waals surface area contributed by atoms with E-state index in [0.29, 0.717) is 24.6 Å². The van der Waals surface area contributed by atoms with Gasteiger partial charge < -0.3 is 14.5 Å². The maximum absolute atomic E-state index is 12.7. The second-order valence-electron chi connectivity index (χ2n) is 8.36. The van der Waals surface area contributed by atoms with Crippen molar-refractivity contribution in [1.82, 2.24) is 15.0 Å². The van der Waals surface area contributed by atoms with Crippen molar-refractivity contribution in [2.75, 3.05) is 36.0 Å². The van der Waals surface area contributed by atoms with Gasteiger partial charge in [0.1, 0.15) is 0 Å². The number of halogens is 3. The van der Waals surface area contributed by atoms with Gasteiger partial charge in [-0.1, -0.05) is 71.2 Å². The molecule has 1 aliphatic heterocycles. The molecule has 2 aromatic carbocycles. The molecular weight excluding hydrogens is 497 g/mol. The van der Waals surface area contributed by atoms with Gasteiger partial charge in [0.05, 0.1) is 5.56 Å². The highest BCUT2D eigenvalue weighted by atomic mass is 35.6. The van der Waals surface area contributed by atoms with E-state index in [2.05, 4.69) is 32.0 Å². The van der Waals surface area contributed by atoms with Crippen molar-refractivity contribution in [3.8, 4) is 0 Å². The van der Waals surface area contributed by atoms with Crippen LogP contribution in [0, 0.1) is 0 Å². The molecule has 1 aromatic heterocycles. The Bertz CT molecular complexity index is 1130. The number of hydrogen-bond acceptors (Lipinski definition) is 7. The summed E-state index contributed by atoms with van der Waals surface area (Å²) >= 11 is 18.4. The summed E-state index contributed by atoms with van der Waals surface area (Å²) in [5, 5.41) is 0. The minimum Gasteiger partial charge on any atom is -0.448 e. The second kappa shape index (κ2) is 9.94. The van der Waals surface area contributed by atoms with Crippen LogP contribution in [0.3, 0.4) is 0 Å². The van der Waals surface area contributed by atoms with Gasteiger partial charge in [-0.3, -0.25) is 0 Å². The molecule has 7 nitrogen and oxygen atoms in total. The number of alkyl halides is 3. The molecule has 0 radical (unpaired) electrons. The molecule has 10 heteroatoms. The molecule has 3 aromatic rings. The monoisotopic (exact) mass is 519 g/mol. The highest BCUT2D eigenvalue weighted by Gasteiger charge is 2.36. The number of nitrogens with zero attached hydrogens (tertiary/aromatic N) is 5. The van der Waals surface area contributed by atoms with Gasteiger partial charge in [-0.05, 0) is 38.1 Å². The molecule has 178 valence electrons. The van der Waals surface area contributed by atoms with E-state index in [0.717, 1.165) is 18.8 Å². The van der Waals surface area contributed by atoms with E-state index >= 15 is 0 Å². The first kappa shape index (κ1) is 24.5. The number of carbonyl (C=O) groups excluding carboxylic acids is 1. The van der Waals surface area contributed by atoms with Crippen LogP contribution in [0.5, 0.6) is 0 Å². The summed E-state index contributed by atoms with van der Waals surface area (Å²) < 4.78 is 3.88. The third-order valence-corrected chi connectivity index (χ3v) is 5.96. The van der Waals surface area contributed by atoms with Gasteiger partial charge in [-0.15, -0.1) is 0 Å². The SMILES string of the molecule is CC(C)(OC(=O)c1ccccc1)c1nc(N2CCN(c3ccccc3)CC2)nc(C(Cl)(Cl)Cl)n1. The number of carbonyl (C=O) groups is 1. The normalized spacial score (nSPS) is 14.7. The Labute approximate surface area is 213 Å². The fourth-order valence-electron chi connectivity index (χ4n) is 3.62. The Morgan fingerprint density at radius 2 is 1.32 bits per heavy atom. The molecule has 1 saturated heterocycles. The van der Waals surface area contributed by atoms with Gasteiger partial charge in [-0.25, -0.2) is 9.78 Å². The molecule has 1 fully saturated rings. The van der Waals surface area contributed by atoms with Crippen molar-refractivity contribution < 1.29 is 9.53 Å². The number of benzene rings is 2. The number of piperazine rings is 1. The number of ether oxygens (including phenoxy) is 1. The highest BCUT2D eigenvalue weighted by molar-refractivity contribution is 6.66. The molecule has 2 heterocycles. The highest BCUT2D eigenvalue weighted by Crippen LogP contribution is 2.37. The summed E-state index contributed by atoms with van der Waals surface area (Å²) in [6, 6.07) is 18.9. The van der Waals surface area contributed by atoms with Crippen LogP contribution in [0.2, 0.25) is 0 Å². The number of hydrogen-bond donors (Lipinski definition) is 0. The van der Waals surface area contributed by atoms with Crippen molar-refractivity contribution in [2.45, 2.75) is 23.2 Å². The molecule has 0 bridgehead atoms. The van der Waals surface area contributed by atoms with Crippen molar-refractivity contribution >= 4 is 52.4 Å². The van der Waals surface area contributed by atoms with E-state index in [1.807, 2.05) is 29.2 Å². The first-order valence-electron chi connectivity index (χ1n) is 10.8. The number of para-hydroxylation sites is 1. The maximum Gasteiger partial charge on any atom is 0.339 e. The predicted molar refractivity (Wildman–Crippen MR) is 135 cm³/mol. The zero-order chi connectivity index (χ0) is 24.3. The lowest BCUT2D eigenvalue weighted by atomic mass is 10.1. The van der Waals surface area contributed by atoms with Gasteiger partial charge in [0.2, 0.25) is 9.74 Å². The Kier molecular flexibility index (Phi) is 7.17. The lowest BCUT2D eigenvalue weighted by Crippen LogP contribution is -2.47. The Morgan fingerprint density at radius 1 is 0.794 bits per heavy atom. The van der Waals surface area contributed by atoms with E-state index < -0.39 is 15.4 Å². The Morgan fingerprint density at radius 3 is 1.91 bits per heavy atom. The second-order valence-corrected chi connectivity index (χ2v) is 10.6. The van der Waals surface area contributed by atoms with Crippen LogP contribution >= 0.6 is 34.8 Å². The van der Waals surface area contributed by atoms with Gasteiger partial charge >= 0.3 is 5.97 Å². The van der Waals surface area contributed by atoms with E-state index in [1.54, 1.807) is 38.1 Å². The van der Waals surface area contributed by atoms with Gasteiger partial charge in [0.25, 0.3) is 0 Å². The first-order valence-corrected chi connectivity index (χ1v) is 11.9. The molecule has 0 spiro atoms. The Balaban J connectivity index is 1.58. The number of rotatable bonds is 5. The summed E-state index contributed by atoms with van der Waals surface area (Å²) in [5.41, 5.74) is 0.388. The zero-order valence-electron chi connectivity index (χ0n) is 18.8. The molecular formula is C24H24Cl3N5O2. The summed E-state index contributed by atoms with van der Waals surface area (Å²) in [4.78, 5) is 30.4. The maximum atomic E-state index is 12.7. The van der Waals surface area contributed by atoms with Gasteiger partial charge in [0, 0.05) is 31.9 Å². The van der Waals surface area contributed by atoms with Crippen LogP contribution < -0.4 is 9.80 Å². The summed E-state index contributed by atoms with van der Waals surface area (Å²) in [6.07, 6.45) is 0. The average molecular weight is 521 g/mol. The minimum absolute atomic E-state index is 0.0215. The molecule has 0 amide bonds. The van der Waals surface area contributed by atoms with Crippen LogP contribution in [-0.2, 0) is 14.1 Å². The fraction of sp³-hybridized carbons (Fsp3) is 0.333. The third-order valence-electron chi connectivity index (χ3n) is 5.46. The summed E-state index contributed by atoms with van der Waals surface area (Å²) in [6.45, 7) is 6.29. The Hall–Kier alpha value is -2.61. The zero-order valence-corrected chi connectivity index (χ0v) is 21.1. The van der Waals surface area contributed by atoms with Crippen molar-refractivity contribution in [1.29, 1.82) is 0 Å². The van der Waals surface area contributed by atoms with Crippen LogP contribution in [0.1, 0.15) is 35.9 Å². The van der Waals surface area contributed by atoms with Crippen molar-refractivity contribution in [3.63, 3.8) is 0 Å². The van der Waals surface area contributed by atoms with Gasteiger partial charge in [0.15, 0.2) is 17.2 Å². The van der Waals surface area contributed by atoms with Crippen LogP contribution in [-0.4, -0.2) is 47.1 Å². The van der Waals surface area contributed by atoms with E-state index in [9.17, 15) is 4.79 Å². The van der Waals surface area contributed by atoms with E-state index in [-0.39, 0.29) is 11.6 Å². The molecule has 0 aliphatic carbocycles. The fourth-order valence-corrected chi connectivity index (χ4v) is 3.87.